The van der Waals surface area contributed by atoms with Gasteiger partial charge in [-0.15, -0.1) is 17.0 Å². The first kappa shape index (κ1) is 15.6. The first-order valence-electron chi connectivity index (χ1n) is 5.43. The Bertz CT molecular complexity index is 419. The number of nitrogens with zero attached hydrogens (tertiary/aromatic N) is 1. The zero-order chi connectivity index (χ0) is 12.3. The number of guanidine groups is 1. The van der Waals surface area contributed by atoms with Crippen LogP contribution in [0.2, 0.25) is 10.0 Å². The van der Waals surface area contributed by atoms with Crippen molar-refractivity contribution in [3.63, 3.8) is 0 Å². The number of para-hydroxylation sites is 1. The standard InChI is InChI=1S/C11H14Cl2N4.BrH/c12-8-2-1-3-9(13)10(8)17-11-15-6-7(16-11)4-5-14;/h1-3,7H,4-6,14H2,(H2,15,16,17);1H/t7-;/m0./s1. The first-order valence-corrected chi connectivity index (χ1v) is 6.18. The number of rotatable bonds is 3. The lowest BCUT2D eigenvalue weighted by Gasteiger charge is -2.13. The summed E-state index contributed by atoms with van der Waals surface area (Å²) in [7, 11) is 0. The smallest absolute Gasteiger partial charge is 0.196 e. The molecule has 7 heteroatoms. The minimum atomic E-state index is 0. The molecule has 0 radical (unpaired) electrons. The Balaban J connectivity index is 0.00000162. The fraction of sp³-hybridized carbons (Fsp3) is 0.364. The molecule has 2 rings (SSSR count). The van der Waals surface area contributed by atoms with Crippen molar-refractivity contribution < 1.29 is 0 Å². The Kier molecular flexibility index (Phi) is 6.21. The van der Waals surface area contributed by atoms with Crippen LogP contribution in [0, 0.1) is 0 Å². The lowest BCUT2D eigenvalue weighted by atomic mass is 10.2. The van der Waals surface area contributed by atoms with Crippen LogP contribution in [0.25, 0.3) is 0 Å². The molecule has 4 nitrogen and oxygen atoms in total. The van der Waals surface area contributed by atoms with Gasteiger partial charge in [0.15, 0.2) is 5.96 Å². The molecule has 4 N–H and O–H groups in total. The van der Waals surface area contributed by atoms with E-state index in [0.29, 0.717) is 34.3 Å². The SMILES string of the molecule is Br.NCC[C@H]1CN=C(Nc2c(Cl)cccc2Cl)N1. The van der Waals surface area contributed by atoms with E-state index >= 15 is 0 Å². The number of benzene rings is 1. The molecular weight excluding hydrogens is 339 g/mol. The van der Waals surface area contributed by atoms with Gasteiger partial charge in [0, 0.05) is 6.04 Å². The molecule has 100 valence electrons. The van der Waals surface area contributed by atoms with Gasteiger partial charge in [-0.25, -0.2) is 0 Å². The molecule has 0 spiro atoms. The number of hydrogen-bond acceptors (Lipinski definition) is 4. The third-order valence-corrected chi connectivity index (χ3v) is 3.16. The molecule has 18 heavy (non-hydrogen) atoms. The Morgan fingerprint density at radius 3 is 2.67 bits per heavy atom. The second kappa shape index (κ2) is 7.19. The summed E-state index contributed by atoms with van der Waals surface area (Å²) in [4.78, 5) is 4.33. The lowest BCUT2D eigenvalue weighted by molar-refractivity contribution is 0.609. The Morgan fingerprint density at radius 2 is 2.06 bits per heavy atom. The maximum absolute atomic E-state index is 6.06. The van der Waals surface area contributed by atoms with Crippen LogP contribution in [0.15, 0.2) is 23.2 Å². The summed E-state index contributed by atoms with van der Waals surface area (Å²) >= 11 is 12.1. The monoisotopic (exact) mass is 352 g/mol. The molecule has 0 unspecified atom stereocenters. The van der Waals surface area contributed by atoms with E-state index in [-0.39, 0.29) is 17.0 Å². The van der Waals surface area contributed by atoms with Gasteiger partial charge in [-0.2, -0.15) is 0 Å². The van der Waals surface area contributed by atoms with Crippen LogP contribution in [0.5, 0.6) is 0 Å². The molecule has 0 saturated carbocycles. The summed E-state index contributed by atoms with van der Waals surface area (Å²) < 4.78 is 0. The molecule has 1 aromatic carbocycles. The number of nitrogens with one attached hydrogen (secondary N) is 2. The molecule has 0 saturated heterocycles. The molecule has 0 bridgehead atoms. The molecule has 1 atom stereocenters. The Morgan fingerprint density at radius 1 is 1.39 bits per heavy atom. The zero-order valence-corrected chi connectivity index (χ0v) is 12.8. The van der Waals surface area contributed by atoms with Crippen molar-refractivity contribution >= 4 is 51.8 Å². The minimum absolute atomic E-state index is 0. The van der Waals surface area contributed by atoms with Crippen molar-refractivity contribution in [2.75, 3.05) is 18.4 Å². The number of nitrogens with two attached hydrogens (primary N) is 1. The van der Waals surface area contributed by atoms with E-state index in [2.05, 4.69) is 15.6 Å². The molecule has 1 aliphatic heterocycles. The summed E-state index contributed by atoms with van der Waals surface area (Å²) in [5.41, 5.74) is 6.18. The van der Waals surface area contributed by atoms with Gasteiger partial charge in [-0.1, -0.05) is 29.3 Å². The van der Waals surface area contributed by atoms with Crippen LogP contribution in [0.3, 0.4) is 0 Å². The highest BCUT2D eigenvalue weighted by Crippen LogP contribution is 2.29. The van der Waals surface area contributed by atoms with Gasteiger partial charge in [0.2, 0.25) is 0 Å². The van der Waals surface area contributed by atoms with Gasteiger partial charge < -0.3 is 16.4 Å². The second-order valence-electron chi connectivity index (χ2n) is 3.83. The van der Waals surface area contributed by atoms with E-state index in [4.69, 9.17) is 28.9 Å². The highest BCUT2D eigenvalue weighted by Gasteiger charge is 2.17. The lowest BCUT2D eigenvalue weighted by Crippen LogP contribution is -2.35. The summed E-state index contributed by atoms with van der Waals surface area (Å²) in [6.45, 7) is 1.37. The van der Waals surface area contributed by atoms with Crippen molar-refractivity contribution in [2.24, 2.45) is 10.7 Å². The highest BCUT2D eigenvalue weighted by molar-refractivity contribution is 8.93. The van der Waals surface area contributed by atoms with E-state index in [9.17, 15) is 0 Å². The predicted octanol–water partition coefficient (Wildman–Crippen LogP) is 2.66. The van der Waals surface area contributed by atoms with Crippen LogP contribution in [0.4, 0.5) is 5.69 Å². The van der Waals surface area contributed by atoms with Gasteiger partial charge in [0.25, 0.3) is 0 Å². The van der Waals surface area contributed by atoms with Crippen molar-refractivity contribution in [1.29, 1.82) is 0 Å². The van der Waals surface area contributed by atoms with Gasteiger partial charge in [-0.05, 0) is 25.1 Å². The maximum Gasteiger partial charge on any atom is 0.196 e. The van der Waals surface area contributed by atoms with Crippen molar-refractivity contribution in [2.45, 2.75) is 12.5 Å². The Hall–Kier alpha value is -0.490. The molecule has 0 fully saturated rings. The van der Waals surface area contributed by atoms with E-state index in [1.54, 1.807) is 18.2 Å². The van der Waals surface area contributed by atoms with E-state index < -0.39 is 0 Å². The normalized spacial score (nSPS) is 17.7. The highest BCUT2D eigenvalue weighted by atomic mass is 79.9. The van der Waals surface area contributed by atoms with Crippen molar-refractivity contribution in [1.82, 2.24) is 5.32 Å². The third-order valence-electron chi connectivity index (χ3n) is 2.53. The summed E-state index contributed by atoms with van der Waals surface area (Å²) in [5, 5.41) is 7.48. The van der Waals surface area contributed by atoms with E-state index in [0.717, 1.165) is 13.0 Å². The largest absolute Gasteiger partial charge is 0.351 e. The van der Waals surface area contributed by atoms with Crippen LogP contribution in [-0.2, 0) is 0 Å². The van der Waals surface area contributed by atoms with Crippen LogP contribution in [0.1, 0.15) is 6.42 Å². The molecule has 0 amide bonds. The fourth-order valence-corrected chi connectivity index (χ4v) is 2.15. The second-order valence-corrected chi connectivity index (χ2v) is 4.64. The van der Waals surface area contributed by atoms with Gasteiger partial charge in [0.05, 0.1) is 22.3 Å². The summed E-state index contributed by atoms with van der Waals surface area (Å²) in [6, 6.07) is 5.66. The predicted molar refractivity (Wildman–Crippen MR) is 83.3 cm³/mol. The van der Waals surface area contributed by atoms with Crippen molar-refractivity contribution in [3.05, 3.63) is 28.2 Å². The van der Waals surface area contributed by atoms with Gasteiger partial charge in [0.1, 0.15) is 0 Å². The Labute approximate surface area is 127 Å². The van der Waals surface area contributed by atoms with E-state index in [1.807, 2.05) is 0 Å². The quantitative estimate of drug-likeness (QED) is 0.782. The van der Waals surface area contributed by atoms with E-state index in [1.165, 1.54) is 0 Å². The van der Waals surface area contributed by atoms with Crippen LogP contribution >= 0.6 is 40.2 Å². The average Bonchev–Trinajstić information content (AvgIpc) is 2.72. The summed E-state index contributed by atoms with van der Waals surface area (Å²) in [6.07, 6.45) is 0.894. The molecule has 0 aliphatic carbocycles. The zero-order valence-electron chi connectivity index (χ0n) is 9.62. The molecule has 0 aromatic heterocycles. The van der Waals surface area contributed by atoms with Crippen molar-refractivity contribution in [3.8, 4) is 0 Å². The minimum Gasteiger partial charge on any atom is -0.351 e. The molecular formula is C11H15BrCl2N4. The molecule has 1 aliphatic rings. The fourth-order valence-electron chi connectivity index (χ4n) is 1.66. The topological polar surface area (TPSA) is 62.4 Å². The summed E-state index contributed by atoms with van der Waals surface area (Å²) in [5.74, 6) is 0.693. The number of hydrogen-bond donors (Lipinski definition) is 3. The third kappa shape index (κ3) is 3.75. The number of halogens is 3. The molecule has 1 aromatic rings. The van der Waals surface area contributed by atoms with Crippen LogP contribution < -0.4 is 16.4 Å². The maximum atomic E-state index is 6.06. The van der Waals surface area contributed by atoms with Gasteiger partial charge >= 0.3 is 0 Å². The van der Waals surface area contributed by atoms with Gasteiger partial charge in [-0.3, -0.25) is 4.99 Å². The number of anilines is 1. The first-order chi connectivity index (χ1) is 8.20. The number of aliphatic imine (C=N–C) groups is 1. The average molecular weight is 354 g/mol. The molecule has 1 heterocycles. The van der Waals surface area contributed by atoms with Crippen LogP contribution in [-0.4, -0.2) is 25.1 Å².